The third-order valence-corrected chi connectivity index (χ3v) is 5.62. The molecule has 2 aliphatic rings. The molecule has 30 heavy (non-hydrogen) atoms. The number of hydrogen-bond acceptors (Lipinski definition) is 4. The number of nitrogens with zero attached hydrogens (tertiary/aromatic N) is 3. The van der Waals surface area contributed by atoms with Gasteiger partial charge >= 0.3 is 12.1 Å². The van der Waals surface area contributed by atoms with E-state index in [1.165, 1.54) is 10.5 Å². The van der Waals surface area contributed by atoms with Crippen LogP contribution >= 0.6 is 12.4 Å². The Labute approximate surface area is 177 Å². The maximum absolute atomic E-state index is 12.7. The van der Waals surface area contributed by atoms with E-state index in [0.29, 0.717) is 11.4 Å². The Balaban J connectivity index is 0.00000256. The molecule has 0 unspecified atom stereocenters. The molecule has 0 saturated carbocycles. The summed E-state index contributed by atoms with van der Waals surface area (Å²) in [6, 6.07) is 5.96. The van der Waals surface area contributed by atoms with E-state index in [0.717, 1.165) is 36.3 Å². The van der Waals surface area contributed by atoms with Gasteiger partial charge in [-0.1, -0.05) is 6.07 Å². The lowest BCUT2D eigenvalue weighted by molar-refractivity contribution is -0.186. The maximum Gasteiger partial charge on any atom is 0.471 e. The number of piperazine rings is 1. The zero-order valence-electron chi connectivity index (χ0n) is 16.2. The number of benzene rings is 1. The van der Waals surface area contributed by atoms with Gasteiger partial charge in [-0.05, 0) is 49.5 Å². The second kappa shape index (κ2) is 8.81. The van der Waals surface area contributed by atoms with E-state index < -0.39 is 12.1 Å². The quantitative estimate of drug-likeness (QED) is 0.743. The monoisotopic (exact) mass is 445 g/mol. The van der Waals surface area contributed by atoms with Crippen LogP contribution in [0.1, 0.15) is 34.9 Å². The second-order valence-corrected chi connectivity index (χ2v) is 7.47. The molecule has 2 fully saturated rings. The third kappa shape index (κ3) is 4.54. The average molecular weight is 446 g/mol. The molecule has 4 rings (SSSR count). The largest absolute Gasteiger partial charge is 0.471 e. The molecule has 0 atom stereocenters. The number of nitrogens with one attached hydrogen (secondary N) is 2. The summed E-state index contributed by atoms with van der Waals surface area (Å²) in [6.45, 7) is 1.75. The maximum atomic E-state index is 12.7. The fraction of sp³-hybridized carbons (Fsp3) is 0.526. The molecule has 2 N–H and O–H groups in total. The van der Waals surface area contributed by atoms with Crippen LogP contribution in [0.25, 0.3) is 11.0 Å². The average Bonchev–Trinajstić information content (AvgIpc) is 3.16. The van der Waals surface area contributed by atoms with Gasteiger partial charge in [0.05, 0.1) is 11.0 Å². The Kier molecular flexibility index (Phi) is 6.56. The summed E-state index contributed by atoms with van der Waals surface area (Å²) in [5.41, 5.74) is 2.65. The zero-order valence-corrected chi connectivity index (χ0v) is 17.0. The van der Waals surface area contributed by atoms with Crippen LogP contribution < -0.4 is 5.32 Å². The van der Waals surface area contributed by atoms with Crippen molar-refractivity contribution in [3.8, 4) is 0 Å². The molecule has 1 aromatic carbocycles. The lowest BCUT2D eigenvalue weighted by Crippen LogP contribution is -2.53. The van der Waals surface area contributed by atoms with Gasteiger partial charge < -0.3 is 20.1 Å². The van der Waals surface area contributed by atoms with Crippen molar-refractivity contribution in [1.29, 1.82) is 0 Å². The van der Waals surface area contributed by atoms with Gasteiger partial charge in [0, 0.05) is 26.2 Å². The number of rotatable bonds is 2. The van der Waals surface area contributed by atoms with Crippen molar-refractivity contribution >= 4 is 35.3 Å². The van der Waals surface area contributed by atoms with Gasteiger partial charge in [-0.2, -0.15) is 13.2 Å². The highest BCUT2D eigenvalue weighted by molar-refractivity contribution is 5.94. The first kappa shape index (κ1) is 22.4. The molecule has 2 aromatic rings. The van der Waals surface area contributed by atoms with Crippen LogP contribution in [0.5, 0.6) is 0 Å². The molecule has 11 heteroatoms. The van der Waals surface area contributed by atoms with Crippen molar-refractivity contribution in [2.24, 2.45) is 0 Å². The van der Waals surface area contributed by atoms with Gasteiger partial charge in [0.2, 0.25) is 0 Å². The normalized spacial score (nSPS) is 18.4. The standard InChI is InChI=1S/C19H22F3N5O2.ClH/c20-19(21,22)18(29)27-9-7-26(8-10-27)17(28)16-24-14-2-1-13(11-15(14)25-16)12-3-5-23-6-4-12;/h1-2,11-12,23H,3-10H2,(H,24,25);1H. The molecule has 0 bridgehead atoms. The van der Waals surface area contributed by atoms with Crippen molar-refractivity contribution in [2.45, 2.75) is 24.9 Å². The summed E-state index contributed by atoms with van der Waals surface area (Å²) in [6.07, 6.45) is -2.78. The first-order valence-electron chi connectivity index (χ1n) is 9.68. The minimum absolute atomic E-state index is 0. The molecule has 164 valence electrons. The number of imidazole rings is 1. The van der Waals surface area contributed by atoms with E-state index in [1.54, 1.807) is 0 Å². The first-order valence-corrected chi connectivity index (χ1v) is 9.68. The predicted octanol–water partition coefficient (Wildman–Crippen LogP) is 2.30. The van der Waals surface area contributed by atoms with Gasteiger partial charge in [0.25, 0.3) is 5.91 Å². The molecule has 7 nitrogen and oxygen atoms in total. The number of carbonyl (C=O) groups is 2. The number of halogens is 4. The molecule has 3 heterocycles. The number of aromatic nitrogens is 2. The van der Waals surface area contributed by atoms with E-state index in [4.69, 9.17) is 0 Å². The van der Waals surface area contributed by atoms with E-state index in [-0.39, 0.29) is 50.3 Å². The molecular formula is C19H23ClF3N5O2. The predicted molar refractivity (Wildman–Crippen MR) is 107 cm³/mol. The van der Waals surface area contributed by atoms with Gasteiger partial charge in [-0.3, -0.25) is 9.59 Å². The van der Waals surface area contributed by atoms with Gasteiger partial charge in [-0.25, -0.2) is 4.98 Å². The first-order chi connectivity index (χ1) is 13.8. The SMILES string of the molecule is Cl.O=C(c1nc2cc(C3CCNCC3)ccc2[nH]1)N1CCN(C(=O)C(F)(F)F)CC1. The minimum atomic E-state index is -4.89. The molecule has 1 aromatic heterocycles. The minimum Gasteiger partial charge on any atom is -0.334 e. The summed E-state index contributed by atoms with van der Waals surface area (Å²) in [5.74, 6) is -1.60. The Hall–Kier alpha value is -2.33. The molecular weight excluding hydrogens is 423 g/mol. The Morgan fingerprint density at radius 2 is 1.67 bits per heavy atom. The number of aromatic amines is 1. The van der Waals surface area contributed by atoms with Crippen molar-refractivity contribution in [2.75, 3.05) is 39.3 Å². The molecule has 0 spiro atoms. The summed E-state index contributed by atoms with van der Waals surface area (Å²) >= 11 is 0. The molecule has 2 aliphatic heterocycles. The highest BCUT2D eigenvalue weighted by atomic mass is 35.5. The number of carbonyl (C=O) groups excluding carboxylic acids is 2. The number of hydrogen-bond donors (Lipinski definition) is 2. The fourth-order valence-electron chi connectivity index (χ4n) is 3.97. The van der Waals surface area contributed by atoms with Crippen LogP contribution in [0.15, 0.2) is 18.2 Å². The van der Waals surface area contributed by atoms with Crippen LogP contribution in [0.3, 0.4) is 0 Å². The molecule has 2 saturated heterocycles. The highest BCUT2D eigenvalue weighted by Crippen LogP contribution is 2.27. The third-order valence-electron chi connectivity index (χ3n) is 5.62. The van der Waals surface area contributed by atoms with E-state index >= 15 is 0 Å². The molecule has 0 aliphatic carbocycles. The van der Waals surface area contributed by atoms with Crippen LogP contribution in [0.4, 0.5) is 13.2 Å². The number of alkyl halides is 3. The Morgan fingerprint density at radius 3 is 2.30 bits per heavy atom. The van der Waals surface area contributed by atoms with Crippen LogP contribution in [0, 0.1) is 0 Å². The highest BCUT2D eigenvalue weighted by Gasteiger charge is 2.43. The summed E-state index contributed by atoms with van der Waals surface area (Å²) in [4.78, 5) is 33.6. The molecule has 2 amide bonds. The van der Waals surface area contributed by atoms with Crippen LogP contribution in [-0.2, 0) is 4.79 Å². The van der Waals surface area contributed by atoms with Crippen molar-refractivity contribution < 1.29 is 22.8 Å². The number of piperidine rings is 1. The topological polar surface area (TPSA) is 81.3 Å². The zero-order chi connectivity index (χ0) is 20.6. The van der Waals surface area contributed by atoms with Gasteiger partial charge in [0.15, 0.2) is 5.82 Å². The van der Waals surface area contributed by atoms with Crippen LogP contribution in [0.2, 0.25) is 0 Å². The number of fused-ring (bicyclic) bond motifs is 1. The van der Waals surface area contributed by atoms with E-state index in [9.17, 15) is 22.8 Å². The second-order valence-electron chi connectivity index (χ2n) is 7.47. The summed E-state index contributed by atoms with van der Waals surface area (Å²) < 4.78 is 37.6. The number of amides is 2. The molecule has 0 radical (unpaired) electrons. The number of H-pyrrole nitrogens is 1. The van der Waals surface area contributed by atoms with Crippen molar-refractivity contribution in [3.63, 3.8) is 0 Å². The summed E-state index contributed by atoms with van der Waals surface area (Å²) in [5, 5.41) is 3.34. The van der Waals surface area contributed by atoms with Crippen molar-refractivity contribution in [1.82, 2.24) is 25.1 Å². The van der Waals surface area contributed by atoms with Gasteiger partial charge in [0.1, 0.15) is 0 Å². The Bertz CT molecular complexity index is 919. The smallest absolute Gasteiger partial charge is 0.334 e. The van der Waals surface area contributed by atoms with Gasteiger partial charge in [-0.15, -0.1) is 12.4 Å². The lowest BCUT2D eigenvalue weighted by atomic mass is 9.90. The fourth-order valence-corrected chi connectivity index (χ4v) is 3.97. The van der Waals surface area contributed by atoms with Crippen molar-refractivity contribution in [3.05, 3.63) is 29.6 Å². The van der Waals surface area contributed by atoms with E-state index in [1.807, 2.05) is 18.2 Å². The van der Waals surface area contributed by atoms with E-state index in [2.05, 4.69) is 15.3 Å². The van der Waals surface area contributed by atoms with Crippen LogP contribution in [-0.4, -0.2) is 77.0 Å². The summed E-state index contributed by atoms with van der Waals surface area (Å²) in [7, 11) is 0. The lowest BCUT2D eigenvalue weighted by Gasteiger charge is -2.34. The Morgan fingerprint density at radius 1 is 1.03 bits per heavy atom.